The van der Waals surface area contributed by atoms with Gasteiger partial charge in [-0.1, -0.05) is 6.92 Å². The number of aryl methyl sites for hydroxylation is 2. The van der Waals surface area contributed by atoms with Crippen molar-refractivity contribution in [2.45, 2.75) is 38.8 Å². The van der Waals surface area contributed by atoms with Crippen molar-refractivity contribution in [3.8, 4) is 0 Å². The molecule has 0 spiro atoms. The van der Waals surface area contributed by atoms with Crippen molar-refractivity contribution in [2.75, 3.05) is 13.7 Å². The quantitative estimate of drug-likeness (QED) is 0.856. The lowest BCUT2D eigenvalue weighted by molar-refractivity contribution is -0.145. The number of likely N-dealkylation sites (tertiary alicyclic amines) is 1. The maximum absolute atomic E-state index is 12.5. The van der Waals surface area contributed by atoms with Gasteiger partial charge in [0.25, 0.3) is 5.91 Å². The third-order valence-corrected chi connectivity index (χ3v) is 4.71. The molecule has 2 heterocycles. The third kappa shape index (κ3) is 2.71. The van der Waals surface area contributed by atoms with Gasteiger partial charge in [-0.05, 0) is 25.0 Å². The van der Waals surface area contributed by atoms with E-state index in [0.717, 1.165) is 16.9 Å². The lowest BCUT2D eigenvalue weighted by atomic mass is 10.2. The normalized spacial score (nSPS) is 22.1. The van der Waals surface area contributed by atoms with Crippen LogP contribution in [0.3, 0.4) is 0 Å². The average Bonchev–Trinajstić information content (AvgIpc) is 3.00. The Labute approximate surface area is 122 Å². The number of methoxy groups -OCH3 is 1. The van der Waals surface area contributed by atoms with Gasteiger partial charge >= 0.3 is 5.97 Å². The van der Waals surface area contributed by atoms with E-state index < -0.39 is 18.1 Å². The lowest BCUT2D eigenvalue weighted by Crippen LogP contribution is -2.40. The van der Waals surface area contributed by atoms with Gasteiger partial charge in [0.05, 0.1) is 18.1 Å². The molecular weight excluding hydrogens is 278 g/mol. The zero-order valence-electron chi connectivity index (χ0n) is 11.9. The van der Waals surface area contributed by atoms with Gasteiger partial charge < -0.3 is 14.7 Å². The Kier molecular flexibility index (Phi) is 4.45. The van der Waals surface area contributed by atoms with Crippen LogP contribution in [0.25, 0.3) is 0 Å². The summed E-state index contributed by atoms with van der Waals surface area (Å²) in [7, 11) is 1.29. The minimum atomic E-state index is -0.685. The minimum absolute atomic E-state index is 0.178. The molecule has 2 atom stereocenters. The molecule has 6 heteroatoms. The Morgan fingerprint density at radius 3 is 2.80 bits per heavy atom. The first-order valence-electron chi connectivity index (χ1n) is 6.64. The van der Waals surface area contributed by atoms with Crippen molar-refractivity contribution >= 4 is 23.2 Å². The van der Waals surface area contributed by atoms with E-state index in [1.165, 1.54) is 23.3 Å². The van der Waals surface area contributed by atoms with Gasteiger partial charge in [0.2, 0.25) is 0 Å². The summed E-state index contributed by atoms with van der Waals surface area (Å²) in [4.78, 5) is 27.4. The minimum Gasteiger partial charge on any atom is -0.467 e. The van der Waals surface area contributed by atoms with Crippen molar-refractivity contribution < 1.29 is 19.4 Å². The summed E-state index contributed by atoms with van der Waals surface area (Å²) in [5, 5.41) is 9.72. The Morgan fingerprint density at radius 2 is 2.25 bits per heavy atom. The first-order valence-corrected chi connectivity index (χ1v) is 7.45. The van der Waals surface area contributed by atoms with Gasteiger partial charge in [0.1, 0.15) is 6.04 Å². The molecule has 0 radical (unpaired) electrons. The number of hydrogen-bond donors (Lipinski definition) is 1. The predicted molar refractivity (Wildman–Crippen MR) is 75.9 cm³/mol. The number of thiophene rings is 1. The molecule has 0 aromatic carbocycles. The molecule has 20 heavy (non-hydrogen) atoms. The fourth-order valence-corrected chi connectivity index (χ4v) is 3.59. The predicted octanol–water partition coefficient (Wildman–Crippen LogP) is 1.37. The molecule has 1 saturated heterocycles. The zero-order valence-corrected chi connectivity index (χ0v) is 12.7. The number of rotatable bonds is 3. The molecule has 1 aliphatic heterocycles. The Morgan fingerprint density at radius 1 is 1.55 bits per heavy atom. The average molecular weight is 297 g/mol. The molecule has 1 aromatic rings. The number of nitrogens with zero attached hydrogens (tertiary/aromatic N) is 1. The van der Waals surface area contributed by atoms with Crippen molar-refractivity contribution in [1.82, 2.24) is 4.90 Å². The lowest BCUT2D eigenvalue weighted by Gasteiger charge is -2.21. The topological polar surface area (TPSA) is 66.8 Å². The van der Waals surface area contributed by atoms with Gasteiger partial charge in [-0.15, -0.1) is 11.3 Å². The van der Waals surface area contributed by atoms with E-state index in [9.17, 15) is 14.7 Å². The second-order valence-corrected chi connectivity index (χ2v) is 6.19. The molecule has 2 unspecified atom stereocenters. The largest absolute Gasteiger partial charge is 0.467 e. The van der Waals surface area contributed by atoms with Crippen molar-refractivity contribution in [2.24, 2.45) is 0 Å². The molecule has 1 N–H and O–H groups in total. The summed E-state index contributed by atoms with van der Waals surface area (Å²) < 4.78 is 4.71. The first-order chi connectivity index (χ1) is 9.47. The van der Waals surface area contributed by atoms with E-state index in [4.69, 9.17) is 4.74 Å². The number of aliphatic hydroxyl groups is 1. The van der Waals surface area contributed by atoms with Gasteiger partial charge in [-0.2, -0.15) is 0 Å². The SMILES string of the molecule is CCc1cc(C(=O)N2CC(O)CC2C(=O)OC)sc1C. The third-order valence-electron chi connectivity index (χ3n) is 3.63. The van der Waals surface area contributed by atoms with Crippen LogP contribution in [0.1, 0.15) is 33.5 Å². The Bertz CT molecular complexity index is 525. The molecule has 110 valence electrons. The Balaban J connectivity index is 2.24. The highest BCUT2D eigenvalue weighted by Gasteiger charge is 2.40. The Hall–Kier alpha value is -1.40. The maximum atomic E-state index is 12.5. The summed E-state index contributed by atoms with van der Waals surface area (Å²) in [5.74, 6) is -0.677. The number of β-amino-alcohol motifs (C(OH)–C–C–N with tert-alkyl or cyclic N) is 1. The van der Waals surface area contributed by atoms with Crippen LogP contribution < -0.4 is 0 Å². The highest BCUT2D eigenvalue weighted by molar-refractivity contribution is 7.14. The zero-order chi connectivity index (χ0) is 14.9. The molecule has 0 bridgehead atoms. The van der Waals surface area contributed by atoms with E-state index in [0.29, 0.717) is 4.88 Å². The number of hydrogen-bond acceptors (Lipinski definition) is 5. The van der Waals surface area contributed by atoms with Crippen molar-refractivity contribution in [1.29, 1.82) is 0 Å². The van der Waals surface area contributed by atoms with Crippen LogP contribution in [0.5, 0.6) is 0 Å². The first kappa shape index (κ1) is 15.0. The molecule has 1 fully saturated rings. The van der Waals surface area contributed by atoms with Crippen LogP contribution in [-0.2, 0) is 16.0 Å². The fourth-order valence-electron chi connectivity index (χ4n) is 2.52. The van der Waals surface area contributed by atoms with Crippen LogP contribution in [0.2, 0.25) is 0 Å². The van der Waals surface area contributed by atoms with E-state index >= 15 is 0 Å². The molecular formula is C14H19NO4S. The van der Waals surface area contributed by atoms with Gasteiger partial charge in [0, 0.05) is 17.8 Å². The molecule has 1 aliphatic rings. The van der Waals surface area contributed by atoms with Crippen molar-refractivity contribution in [3.63, 3.8) is 0 Å². The van der Waals surface area contributed by atoms with E-state index in [-0.39, 0.29) is 18.9 Å². The highest BCUT2D eigenvalue weighted by atomic mass is 32.1. The molecule has 1 aromatic heterocycles. The van der Waals surface area contributed by atoms with Crippen molar-refractivity contribution in [3.05, 3.63) is 21.4 Å². The summed E-state index contributed by atoms with van der Waals surface area (Å²) in [5.41, 5.74) is 1.15. The number of carbonyl (C=O) groups excluding carboxylic acids is 2. The monoisotopic (exact) mass is 297 g/mol. The summed E-state index contributed by atoms with van der Waals surface area (Å²) in [6.07, 6.45) is 0.442. The smallest absolute Gasteiger partial charge is 0.328 e. The second-order valence-electron chi connectivity index (χ2n) is 4.93. The summed E-state index contributed by atoms with van der Waals surface area (Å²) in [6.45, 7) is 4.20. The number of ether oxygens (including phenoxy) is 1. The van der Waals surface area contributed by atoms with E-state index in [2.05, 4.69) is 0 Å². The standard InChI is InChI=1S/C14H19NO4S/c1-4-9-5-12(20-8(9)2)13(17)15-7-10(16)6-11(15)14(18)19-3/h5,10-11,16H,4,6-7H2,1-3H3. The molecule has 1 amide bonds. The molecule has 5 nitrogen and oxygen atoms in total. The second kappa shape index (κ2) is 5.93. The van der Waals surface area contributed by atoms with E-state index in [1.54, 1.807) is 0 Å². The van der Waals surface area contributed by atoms with Gasteiger partial charge in [-0.3, -0.25) is 4.79 Å². The fraction of sp³-hybridized carbons (Fsp3) is 0.571. The van der Waals surface area contributed by atoms with Gasteiger partial charge in [0.15, 0.2) is 0 Å². The van der Waals surface area contributed by atoms with E-state index in [1.807, 2.05) is 19.9 Å². The number of amides is 1. The molecule has 2 rings (SSSR count). The van der Waals surface area contributed by atoms with Crippen LogP contribution in [0.4, 0.5) is 0 Å². The highest BCUT2D eigenvalue weighted by Crippen LogP contribution is 2.27. The van der Waals surface area contributed by atoms with Gasteiger partial charge in [-0.25, -0.2) is 4.79 Å². The van der Waals surface area contributed by atoms with Crippen LogP contribution in [-0.4, -0.2) is 47.7 Å². The number of esters is 1. The number of carbonyl (C=O) groups is 2. The number of aliphatic hydroxyl groups excluding tert-OH is 1. The maximum Gasteiger partial charge on any atom is 0.328 e. The molecule has 0 saturated carbocycles. The molecule has 0 aliphatic carbocycles. The van der Waals surface area contributed by atoms with Crippen LogP contribution in [0, 0.1) is 6.92 Å². The van der Waals surface area contributed by atoms with Crippen LogP contribution >= 0.6 is 11.3 Å². The summed E-state index contributed by atoms with van der Waals surface area (Å²) >= 11 is 1.43. The summed E-state index contributed by atoms with van der Waals surface area (Å²) in [6, 6.07) is 1.19. The van der Waals surface area contributed by atoms with Crippen LogP contribution in [0.15, 0.2) is 6.07 Å².